The minimum absolute atomic E-state index is 0.0755. The first-order chi connectivity index (χ1) is 9.80. The van der Waals surface area contributed by atoms with E-state index < -0.39 is 0 Å². The van der Waals surface area contributed by atoms with Crippen molar-refractivity contribution >= 4 is 11.6 Å². The Balaban J connectivity index is 1.80. The topological polar surface area (TPSA) is 15.3 Å². The van der Waals surface area contributed by atoms with Crippen molar-refractivity contribution in [1.29, 1.82) is 0 Å². The Morgan fingerprint density at radius 3 is 2.67 bits per heavy atom. The molecule has 0 bridgehead atoms. The fraction of sp³-hybridized carbons (Fsp3) is 0.647. The summed E-state index contributed by atoms with van der Waals surface area (Å²) in [6, 6.07) is 4.72. The standard InChI is InChI=1S/C17H24ClFN2/c1-16(2)10-20-17(3,13-5-6-13)11-21(16)9-12-4-7-14(19)8-15(12)18/h4,7-8,13,20H,5-6,9-11H2,1-3H3. The molecule has 4 heteroatoms. The van der Waals surface area contributed by atoms with E-state index in [0.717, 1.165) is 31.1 Å². The SMILES string of the molecule is CC1(C2CC2)CN(Cc2ccc(F)cc2Cl)C(C)(C)CN1. The van der Waals surface area contributed by atoms with Crippen LogP contribution in [0.3, 0.4) is 0 Å². The van der Waals surface area contributed by atoms with Crippen LogP contribution in [0.15, 0.2) is 18.2 Å². The number of hydrogen-bond donors (Lipinski definition) is 1. The van der Waals surface area contributed by atoms with Crippen LogP contribution in [0.4, 0.5) is 4.39 Å². The van der Waals surface area contributed by atoms with Gasteiger partial charge in [-0.05, 0) is 57.2 Å². The van der Waals surface area contributed by atoms with Gasteiger partial charge in [-0.25, -0.2) is 4.39 Å². The Hall–Kier alpha value is -0.640. The number of halogens is 2. The van der Waals surface area contributed by atoms with E-state index in [1.54, 1.807) is 0 Å². The van der Waals surface area contributed by atoms with E-state index in [-0.39, 0.29) is 16.9 Å². The van der Waals surface area contributed by atoms with Crippen molar-refractivity contribution in [2.24, 2.45) is 5.92 Å². The Morgan fingerprint density at radius 1 is 1.33 bits per heavy atom. The first-order valence-electron chi connectivity index (χ1n) is 7.74. The van der Waals surface area contributed by atoms with E-state index >= 15 is 0 Å². The maximum absolute atomic E-state index is 13.2. The maximum atomic E-state index is 13.2. The molecule has 0 aromatic heterocycles. The first kappa shape index (κ1) is 15.3. The van der Waals surface area contributed by atoms with Gasteiger partial charge in [-0.3, -0.25) is 4.90 Å². The van der Waals surface area contributed by atoms with Crippen LogP contribution >= 0.6 is 11.6 Å². The monoisotopic (exact) mass is 310 g/mol. The highest BCUT2D eigenvalue weighted by molar-refractivity contribution is 6.31. The molecule has 1 aromatic rings. The third-order valence-corrected chi connectivity index (χ3v) is 5.51. The van der Waals surface area contributed by atoms with Crippen LogP contribution in [0.1, 0.15) is 39.2 Å². The van der Waals surface area contributed by atoms with Gasteiger partial charge in [0.15, 0.2) is 0 Å². The summed E-state index contributed by atoms with van der Waals surface area (Å²) in [6.07, 6.45) is 2.66. The summed E-state index contributed by atoms with van der Waals surface area (Å²) in [5, 5.41) is 4.28. The molecule has 0 amide bonds. The molecule has 116 valence electrons. The fourth-order valence-electron chi connectivity index (χ4n) is 3.32. The van der Waals surface area contributed by atoms with E-state index in [9.17, 15) is 4.39 Å². The molecule has 1 saturated carbocycles. The summed E-state index contributed by atoms with van der Waals surface area (Å²) in [7, 11) is 0. The van der Waals surface area contributed by atoms with Gasteiger partial charge in [-0.15, -0.1) is 0 Å². The van der Waals surface area contributed by atoms with Crippen LogP contribution in [0.25, 0.3) is 0 Å². The third-order valence-electron chi connectivity index (χ3n) is 5.15. The van der Waals surface area contributed by atoms with Crippen molar-refractivity contribution in [2.75, 3.05) is 13.1 Å². The van der Waals surface area contributed by atoms with Crippen LogP contribution in [0.5, 0.6) is 0 Å². The van der Waals surface area contributed by atoms with Crippen LogP contribution in [0.2, 0.25) is 5.02 Å². The lowest BCUT2D eigenvalue weighted by Gasteiger charge is -2.51. The first-order valence-corrected chi connectivity index (χ1v) is 8.12. The molecular weight excluding hydrogens is 287 g/mol. The largest absolute Gasteiger partial charge is 0.308 e. The van der Waals surface area contributed by atoms with Gasteiger partial charge in [-0.1, -0.05) is 17.7 Å². The average Bonchev–Trinajstić information content (AvgIpc) is 3.22. The molecule has 3 rings (SSSR count). The predicted molar refractivity (Wildman–Crippen MR) is 85.0 cm³/mol. The molecule has 1 aliphatic heterocycles. The molecule has 0 radical (unpaired) electrons. The molecule has 1 N–H and O–H groups in total. The molecule has 21 heavy (non-hydrogen) atoms. The lowest BCUT2D eigenvalue weighted by atomic mass is 9.86. The van der Waals surface area contributed by atoms with Crippen molar-refractivity contribution in [2.45, 2.75) is 51.2 Å². The van der Waals surface area contributed by atoms with Crippen molar-refractivity contribution in [3.63, 3.8) is 0 Å². The zero-order chi connectivity index (χ0) is 15.3. The second-order valence-corrected chi connectivity index (χ2v) is 7.86. The quantitative estimate of drug-likeness (QED) is 0.912. The highest BCUT2D eigenvalue weighted by Gasteiger charge is 2.48. The fourth-order valence-corrected chi connectivity index (χ4v) is 3.54. The minimum atomic E-state index is -0.272. The summed E-state index contributed by atoms with van der Waals surface area (Å²) >= 11 is 6.21. The summed E-state index contributed by atoms with van der Waals surface area (Å²) in [5.41, 5.74) is 1.28. The molecule has 0 spiro atoms. The van der Waals surface area contributed by atoms with Gasteiger partial charge in [0.2, 0.25) is 0 Å². The van der Waals surface area contributed by atoms with Gasteiger partial charge in [-0.2, -0.15) is 0 Å². The highest BCUT2D eigenvalue weighted by atomic mass is 35.5. The number of rotatable bonds is 3. The van der Waals surface area contributed by atoms with Crippen LogP contribution < -0.4 is 5.32 Å². The van der Waals surface area contributed by atoms with Crippen LogP contribution in [-0.2, 0) is 6.54 Å². The predicted octanol–water partition coefficient (Wildman–Crippen LogP) is 3.83. The van der Waals surface area contributed by atoms with Gasteiger partial charge >= 0.3 is 0 Å². The van der Waals surface area contributed by atoms with Crippen molar-refractivity contribution in [3.05, 3.63) is 34.6 Å². The van der Waals surface area contributed by atoms with E-state index in [1.807, 2.05) is 6.07 Å². The third kappa shape index (κ3) is 3.10. The lowest BCUT2D eigenvalue weighted by Crippen LogP contribution is -2.67. The van der Waals surface area contributed by atoms with E-state index in [1.165, 1.54) is 25.0 Å². The lowest BCUT2D eigenvalue weighted by molar-refractivity contribution is 0.0178. The van der Waals surface area contributed by atoms with Gasteiger partial charge in [0.05, 0.1) is 0 Å². The second-order valence-electron chi connectivity index (χ2n) is 7.45. The number of hydrogen-bond acceptors (Lipinski definition) is 2. The molecule has 1 aromatic carbocycles. The number of piperazine rings is 1. The highest BCUT2D eigenvalue weighted by Crippen LogP contribution is 2.43. The van der Waals surface area contributed by atoms with Crippen LogP contribution in [-0.4, -0.2) is 29.1 Å². The molecule has 2 nitrogen and oxygen atoms in total. The van der Waals surface area contributed by atoms with Gasteiger partial charge in [0.25, 0.3) is 0 Å². The average molecular weight is 311 g/mol. The summed E-state index contributed by atoms with van der Waals surface area (Å²) in [5.74, 6) is 0.519. The van der Waals surface area contributed by atoms with E-state index in [2.05, 4.69) is 31.0 Å². The normalized spacial score (nSPS) is 29.6. The van der Waals surface area contributed by atoms with Gasteiger partial charge < -0.3 is 5.32 Å². The summed E-state index contributed by atoms with van der Waals surface area (Å²) in [6.45, 7) is 9.60. The van der Waals surface area contributed by atoms with Crippen molar-refractivity contribution in [3.8, 4) is 0 Å². The summed E-state index contributed by atoms with van der Waals surface area (Å²) in [4.78, 5) is 2.49. The zero-order valence-electron chi connectivity index (χ0n) is 13.0. The van der Waals surface area contributed by atoms with Gasteiger partial charge in [0.1, 0.15) is 5.82 Å². The minimum Gasteiger partial charge on any atom is -0.308 e. The van der Waals surface area contributed by atoms with E-state index in [4.69, 9.17) is 11.6 Å². The second kappa shape index (κ2) is 5.22. The Labute approximate surface area is 131 Å². The molecule has 1 heterocycles. The molecule has 1 aliphatic carbocycles. The van der Waals surface area contributed by atoms with E-state index in [0.29, 0.717) is 5.02 Å². The zero-order valence-corrected chi connectivity index (χ0v) is 13.8. The summed E-state index contributed by atoms with van der Waals surface area (Å²) < 4.78 is 13.2. The van der Waals surface area contributed by atoms with Crippen LogP contribution in [0, 0.1) is 11.7 Å². The molecule has 1 saturated heterocycles. The molecule has 1 atom stereocenters. The molecular formula is C17H24ClFN2. The van der Waals surface area contributed by atoms with Crippen molar-refractivity contribution < 1.29 is 4.39 Å². The number of benzene rings is 1. The molecule has 2 fully saturated rings. The number of nitrogens with zero attached hydrogens (tertiary/aromatic N) is 1. The Morgan fingerprint density at radius 2 is 2.05 bits per heavy atom. The smallest absolute Gasteiger partial charge is 0.124 e. The molecule has 2 aliphatic rings. The Bertz CT molecular complexity index is 542. The Kier molecular flexibility index (Phi) is 3.79. The maximum Gasteiger partial charge on any atom is 0.124 e. The van der Waals surface area contributed by atoms with Gasteiger partial charge in [0, 0.05) is 35.7 Å². The van der Waals surface area contributed by atoms with Crippen molar-refractivity contribution in [1.82, 2.24) is 10.2 Å². The number of nitrogens with one attached hydrogen (secondary N) is 1. The molecule has 1 unspecified atom stereocenters.